The lowest BCUT2D eigenvalue weighted by atomic mass is 10.2. The molecule has 0 fully saturated rings. The molecule has 0 atom stereocenters. The lowest BCUT2D eigenvalue weighted by Crippen LogP contribution is -2.03. The van der Waals surface area contributed by atoms with Crippen molar-refractivity contribution in [3.63, 3.8) is 0 Å². The van der Waals surface area contributed by atoms with Crippen molar-refractivity contribution in [2.45, 2.75) is 13.5 Å². The molecule has 3 aromatic rings. The van der Waals surface area contributed by atoms with E-state index >= 15 is 0 Å². The Balaban J connectivity index is 2.22. The molecule has 2 N–H and O–H groups in total. The minimum absolute atomic E-state index is 0.422. The minimum Gasteiger partial charge on any atom is -0.325 e. The van der Waals surface area contributed by atoms with E-state index in [4.69, 9.17) is 17.3 Å². The van der Waals surface area contributed by atoms with E-state index in [0.29, 0.717) is 11.6 Å². The first kappa shape index (κ1) is 13.4. The van der Waals surface area contributed by atoms with Gasteiger partial charge in [-0.2, -0.15) is 5.10 Å². The third-order valence-electron chi connectivity index (χ3n) is 3.14. The third kappa shape index (κ3) is 2.38. The standard InChI is InChI=1S/C15H14ClN3S/c1-10-4-5-11(16)7-13(10)19-14(8-12(9-17)18-19)15-3-2-6-20-15/h2-8H,9,17H2,1H3. The Morgan fingerprint density at radius 2 is 2.15 bits per heavy atom. The maximum absolute atomic E-state index is 6.12. The summed E-state index contributed by atoms with van der Waals surface area (Å²) in [7, 11) is 0. The number of thiophene rings is 1. The van der Waals surface area contributed by atoms with Gasteiger partial charge in [0.25, 0.3) is 0 Å². The molecule has 20 heavy (non-hydrogen) atoms. The summed E-state index contributed by atoms with van der Waals surface area (Å²) in [5.74, 6) is 0. The van der Waals surface area contributed by atoms with E-state index in [1.165, 1.54) is 0 Å². The van der Waals surface area contributed by atoms with Crippen LogP contribution in [0.1, 0.15) is 11.3 Å². The van der Waals surface area contributed by atoms with Gasteiger partial charge in [0.1, 0.15) is 0 Å². The van der Waals surface area contributed by atoms with Crippen LogP contribution in [-0.2, 0) is 6.54 Å². The summed E-state index contributed by atoms with van der Waals surface area (Å²) in [5.41, 5.74) is 9.76. The molecule has 1 aromatic carbocycles. The average molecular weight is 304 g/mol. The highest BCUT2D eigenvalue weighted by molar-refractivity contribution is 7.13. The number of halogens is 1. The van der Waals surface area contributed by atoms with Crippen LogP contribution < -0.4 is 5.73 Å². The van der Waals surface area contributed by atoms with Gasteiger partial charge >= 0.3 is 0 Å². The number of aromatic nitrogens is 2. The van der Waals surface area contributed by atoms with Crippen LogP contribution in [0.5, 0.6) is 0 Å². The summed E-state index contributed by atoms with van der Waals surface area (Å²) in [6, 6.07) is 12.0. The third-order valence-corrected chi connectivity index (χ3v) is 4.27. The van der Waals surface area contributed by atoms with Crippen molar-refractivity contribution in [1.29, 1.82) is 0 Å². The first-order valence-electron chi connectivity index (χ1n) is 6.28. The predicted molar refractivity (Wildman–Crippen MR) is 84.5 cm³/mol. The molecule has 3 nitrogen and oxygen atoms in total. The van der Waals surface area contributed by atoms with Gasteiger partial charge in [0.2, 0.25) is 0 Å². The number of nitrogens with zero attached hydrogens (tertiary/aromatic N) is 2. The van der Waals surface area contributed by atoms with Gasteiger partial charge < -0.3 is 5.73 Å². The molecular weight excluding hydrogens is 290 g/mol. The molecule has 0 unspecified atom stereocenters. The zero-order chi connectivity index (χ0) is 14.1. The zero-order valence-corrected chi connectivity index (χ0v) is 12.6. The van der Waals surface area contributed by atoms with Gasteiger partial charge in [-0.25, -0.2) is 4.68 Å². The second-order valence-corrected chi connectivity index (χ2v) is 5.93. The van der Waals surface area contributed by atoms with Crippen molar-refractivity contribution < 1.29 is 0 Å². The SMILES string of the molecule is Cc1ccc(Cl)cc1-n1nc(CN)cc1-c1cccs1. The Morgan fingerprint density at radius 3 is 2.85 bits per heavy atom. The highest BCUT2D eigenvalue weighted by Crippen LogP contribution is 2.30. The first-order chi connectivity index (χ1) is 9.69. The van der Waals surface area contributed by atoms with Crippen LogP contribution in [0.15, 0.2) is 41.8 Å². The fourth-order valence-corrected chi connectivity index (χ4v) is 3.02. The van der Waals surface area contributed by atoms with E-state index in [1.54, 1.807) is 11.3 Å². The Hall–Kier alpha value is -1.62. The largest absolute Gasteiger partial charge is 0.325 e. The molecule has 0 amide bonds. The normalized spacial score (nSPS) is 10.9. The lowest BCUT2D eigenvalue weighted by Gasteiger charge is -2.09. The van der Waals surface area contributed by atoms with Crippen molar-refractivity contribution in [1.82, 2.24) is 9.78 Å². The van der Waals surface area contributed by atoms with Crippen LogP contribution in [-0.4, -0.2) is 9.78 Å². The van der Waals surface area contributed by atoms with Gasteiger partial charge in [-0.05, 0) is 42.1 Å². The molecule has 2 aromatic heterocycles. The molecule has 0 aliphatic carbocycles. The van der Waals surface area contributed by atoms with Gasteiger partial charge in [-0.1, -0.05) is 23.7 Å². The van der Waals surface area contributed by atoms with Crippen molar-refractivity contribution in [2.24, 2.45) is 5.73 Å². The quantitative estimate of drug-likeness (QED) is 0.794. The first-order valence-corrected chi connectivity index (χ1v) is 7.54. The van der Waals surface area contributed by atoms with Crippen LogP contribution in [0.4, 0.5) is 0 Å². The maximum Gasteiger partial charge on any atom is 0.0844 e. The maximum atomic E-state index is 6.12. The van der Waals surface area contributed by atoms with E-state index in [9.17, 15) is 0 Å². The molecule has 2 heterocycles. The van der Waals surface area contributed by atoms with Crippen LogP contribution in [0.25, 0.3) is 16.3 Å². The van der Waals surface area contributed by atoms with Crippen molar-refractivity contribution in [3.8, 4) is 16.3 Å². The van der Waals surface area contributed by atoms with Crippen LogP contribution >= 0.6 is 22.9 Å². The number of hydrogen-bond acceptors (Lipinski definition) is 3. The molecule has 0 radical (unpaired) electrons. The second-order valence-electron chi connectivity index (χ2n) is 4.54. The smallest absolute Gasteiger partial charge is 0.0844 e. The molecule has 0 spiro atoms. The van der Waals surface area contributed by atoms with Gasteiger partial charge in [-0.3, -0.25) is 0 Å². The fourth-order valence-electron chi connectivity index (χ4n) is 2.12. The summed E-state index contributed by atoms with van der Waals surface area (Å²) in [5, 5.41) is 7.35. The van der Waals surface area contributed by atoms with E-state index in [-0.39, 0.29) is 0 Å². The van der Waals surface area contributed by atoms with Crippen molar-refractivity contribution in [2.75, 3.05) is 0 Å². The molecule has 0 bridgehead atoms. The molecule has 0 aliphatic rings. The van der Waals surface area contributed by atoms with E-state index in [2.05, 4.69) is 16.5 Å². The molecule has 5 heteroatoms. The monoisotopic (exact) mass is 303 g/mol. The van der Waals surface area contributed by atoms with Gasteiger partial charge in [0.05, 0.1) is 22.0 Å². The van der Waals surface area contributed by atoms with Crippen molar-refractivity contribution in [3.05, 3.63) is 58.1 Å². The highest BCUT2D eigenvalue weighted by atomic mass is 35.5. The molecule has 0 aliphatic heterocycles. The predicted octanol–water partition coefficient (Wildman–Crippen LogP) is 4.02. The van der Waals surface area contributed by atoms with Gasteiger partial charge in [0.15, 0.2) is 0 Å². The Labute approximate surface area is 126 Å². The number of benzene rings is 1. The Bertz CT molecular complexity index is 732. The molecule has 0 saturated carbocycles. The lowest BCUT2D eigenvalue weighted by molar-refractivity contribution is 0.834. The molecule has 0 saturated heterocycles. The second kappa shape index (κ2) is 5.40. The van der Waals surface area contributed by atoms with Gasteiger partial charge in [-0.15, -0.1) is 11.3 Å². The number of hydrogen-bond donors (Lipinski definition) is 1. The molecular formula is C15H14ClN3S. The van der Waals surface area contributed by atoms with E-state index in [1.807, 2.05) is 41.9 Å². The number of aryl methyl sites for hydroxylation is 1. The summed E-state index contributed by atoms with van der Waals surface area (Å²) in [4.78, 5) is 1.16. The fraction of sp³-hybridized carbons (Fsp3) is 0.133. The van der Waals surface area contributed by atoms with Gasteiger partial charge in [0, 0.05) is 11.6 Å². The Morgan fingerprint density at radius 1 is 1.30 bits per heavy atom. The van der Waals surface area contributed by atoms with Crippen LogP contribution in [0.2, 0.25) is 5.02 Å². The number of rotatable bonds is 3. The summed E-state index contributed by atoms with van der Waals surface area (Å²) in [6.45, 7) is 2.47. The average Bonchev–Trinajstić information content (AvgIpc) is 3.09. The Kier molecular flexibility index (Phi) is 3.61. The van der Waals surface area contributed by atoms with Crippen LogP contribution in [0, 0.1) is 6.92 Å². The molecule has 3 rings (SSSR count). The topological polar surface area (TPSA) is 43.8 Å². The minimum atomic E-state index is 0.422. The summed E-state index contributed by atoms with van der Waals surface area (Å²) < 4.78 is 1.93. The van der Waals surface area contributed by atoms with E-state index in [0.717, 1.165) is 27.5 Å². The van der Waals surface area contributed by atoms with E-state index < -0.39 is 0 Å². The molecule has 102 valence electrons. The number of nitrogens with two attached hydrogens (primary N) is 1. The zero-order valence-electron chi connectivity index (χ0n) is 11.0. The summed E-state index contributed by atoms with van der Waals surface area (Å²) in [6.07, 6.45) is 0. The van der Waals surface area contributed by atoms with Crippen molar-refractivity contribution >= 4 is 22.9 Å². The van der Waals surface area contributed by atoms with Crippen LogP contribution in [0.3, 0.4) is 0 Å². The highest BCUT2D eigenvalue weighted by Gasteiger charge is 2.13. The summed E-state index contributed by atoms with van der Waals surface area (Å²) >= 11 is 7.81.